The molecule has 0 spiro atoms. The van der Waals surface area contributed by atoms with Crippen LogP contribution in [0.3, 0.4) is 0 Å². The van der Waals surface area contributed by atoms with Gasteiger partial charge >= 0.3 is 0 Å². The zero-order valence-corrected chi connectivity index (χ0v) is 26.2. The van der Waals surface area contributed by atoms with E-state index in [1.807, 2.05) is 12.1 Å². The van der Waals surface area contributed by atoms with E-state index in [1.54, 1.807) is 0 Å². The average Bonchev–Trinajstić information content (AvgIpc) is 3.86. The molecule has 0 amide bonds. The highest BCUT2D eigenvalue weighted by Gasteiger charge is 2.23. The van der Waals surface area contributed by atoms with Crippen LogP contribution in [0.25, 0.3) is 105 Å². The van der Waals surface area contributed by atoms with Gasteiger partial charge in [0.15, 0.2) is 5.58 Å². The van der Waals surface area contributed by atoms with Crippen molar-refractivity contribution in [1.82, 2.24) is 9.55 Å². The Morgan fingerprint density at radius 2 is 1.14 bits per heavy atom. The number of para-hydroxylation sites is 2. The number of fused-ring (bicyclic) bond motifs is 10. The zero-order valence-electron chi connectivity index (χ0n) is 26.2. The summed E-state index contributed by atoms with van der Waals surface area (Å²) >= 11 is 0. The number of aromatic nitrogens is 2. The molecule has 8 aromatic carbocycles. The molecule has 11 rings (SSSR count). The van der Waals surface area contributed by atoms with Crippen molar-refractivity contribution in [2.75, 3.05) is 0 Å². The number of hydrogen-bond donors (Lipinski definition) is 0. The van der Waals surface area contributed by atoms with Crippen molar-refractivity contribution in [3.05, 3.63) is 158 Å². The smallest absolute Gasteiger partial charge is 0.228 e. The SMILES string of the molecule is c1ccc2cc(-c3cc4oc(-c5cccc6c5c5ccccc5n6-c5ccc6ccccc6c5)nc4c4c3oc3ccccc34)ccc2c1. The molecule has 228 valence electrons. The first-order chi connectivity index (χ1) is 24.3. The average molecular weight is 627 g/mol. The van der Waals surface area contributed by atoms with E-state index in [0.717, 1.165) is 77.2 Å². The van der Waals surface area contributed by atoms with Gasteiger partial charge in [-0.15, -0.1) is 0 Å². The number of nitrogens with zero attached hydrogens (tertiary/aromatic N) is 2. The summed E-state index contributed by atoms with van der Waals surface area (Å²) in [5, 5.41) is 9.07. The molecule has 3 aromatic heterocycles. The molecule has 0 bridgehead atoms. The third kappa shape index (κ3) is 3.83. The largest absolute Gasteiger partial charge is 0.455 e. The standard InChI is InChI=1S/C45H26N2O2/c1-3-12-29-24-31(21-20-27(29)10-1)36-26-40-43(42-34-15-6-8-19-39(34)48-44(36)42)46-45(49-40)35-16-9-18-38-41(35)33-14-5-7-17-37(33)47(38)32-23-22-28-11-2-4-13-30(28)25-32/h1-26H. The fourth-order valence-corrected chi connectivity index (χ4v) is 7.75. The molecule has 3 heterocycles. The minimum absolute atomic E-state index is 0.587. The summed E-state index contributed by atoms with van der Waals surface area (Å²) in [6, 6.07) is 55.5. The van der Waals surface area contributed by atoms with E-state index in [2.05, 4.69) is 150 Å². The van der Waals surface area contributed by atoms with Crippen LogP contribution in [0, 0.1) is 0 Å². The lowest BCUT2D eigenvalue weighted by Gasteiger charge is -2.09. The Hall–Kier alpha value is -6.65. The number of furan rings is 1. The number of rotatable bonds is 3. The zero-order chi connectivity index (χ0) is 32.1. The van der Waals surface area contributed by atoms with Crippen LogP contribution in [0.15, 0.2) is 167 Å². The Kier molecular flexibility index (Phi) is 5.35. The first-order valence-corrected chi connectivity index (χ1v) is 16.5. The van der Waals surface area contributed by atoms with Crippen LogP contribution in [-0.4, -0.2) is 9.55 Å². The molecule has 4 heteroatoms. The molecule has 0 unspecified atom stereocenters. The van der Waals surface area contributed by atoms with Crippen LogP contribution in [-0.2, 0) is 0 Å². The first kappa shape index (κ1) is 26.4. The fraction of sp³-hybridized carbons (Fsp3) is 0. The Morgan fingerprint density at radius 1 is 0.449 bits per heavy atom. The van der Waals surface area contributed by atoms with Crippen molar-refractivity contribution in [3.63, 3.8) is 0 Å². The summed E-state index contributed by atoms with van der Waals surface area (Å²) in [7, 11) is 0. The van der Waals surface area contributed by atoms with Crippen molar-refractivity contribution >= 4 is 76.4 Å². The lowest BCUT2D eigenvalue weighted by molar-refractivity contribution is 0.620. The van der Waals surface area contributed by atoms with Crippen molar-refractivity contribution in [2.24, 2.45) is 0 Å². The van der Waals surface area contributed by atoms with Gasteiger partial charge in [-0.25, -0.2) is 4.98 Å². The van der Waals surface area contributed by atoms with Crippen LogP contribution in [0.1, 0.15) is 0 Å². The quantitative estimate of drug-likeness (QED) is 0.196. The molecule has 0 N–H and O–H groups in total. The maximum atomic E-state index is 6.80. The predicted molar refractivity (Wildman–Crippen MR) is 202 cm³/mol. The van der Waals surface area contributed by atoms with Gasteiger partial charge in [0.2, 0.25) is 5.89 Å². The van der Waals surface area contributed by atoms with E-state index in [-0.39, 0.29) is 0 Å². The molecule has 0 aliphatic carbocycles. The molecule has 0 radical (unpaired) electrons. The fourth-order valence-electron chi connectivity index (χ4n) is 7.75. The molecule has 49 heavy (non-hydrogen) atoms. The molecule has 0 saturated heterocycles. The van der Waals surface area contributed by atoms with Crippen LogP contribution >= 0.6 is 0 Å². The van der Waals surface area contributed by atoms with E-state index in [0.29, 0.717) is 5.89 Å². The maximum Gasteiger partial charge on any atom is 0.228 e. The van der Waals surface area contributed by atoms with E-state index in [9.17, 15) is 0 Å². The lowest BCUT2D eigenvalue weighted by atomic mass is 9.98. The first-order valence-electron chi connectivity index (χ1n) is 16.5. The molecule has 0 aliphatic heterocycles. The predicted octanol–water partition coefficient (Wildman–Crippen LogP) is 12.5. The van der Waals surface area contributed by atoms with Gasteiger partial charge in [-0.05, 0) is 75.6 Å². The molecule has 11 aromatic rings. The topological polar surface area (TPSA) is 44.1 Å². The summed E-state index contributed by atoms with van der Waals surface area (Å²) in [5.74, 6) is 0.587. The minimum atomic E-state index is 0.587. The Bertz CT molecular complexity index is 3120. The lowest BCUT2D eigenvalue weighted by Crippen LogP contribution is -1.93. The number of benzene rings is 8. The third-order valence-electron chi connectivity index (χ3n) is 9.99. The minimum Gasteiger partial charge on any atom is -0.455 e. The Balaban J connectivity index is 1.19. The summed E-state index contributed by atoms with van der Waals surface area (Å²) in [6.07, 6.45) is 0. The Morgan fingerprint density at radius 3 is 2.00 bits per heavy atom. The Labute approximate surface area is 280 Å². The van der Waals surface area contributed by atoms with Crippen LogP contribution in [0.5, 0.6) is 0 Å². The summed E-state index contributed by atoms with van der Waals surface area (Å²) in [5.41, 5.74) is 9.55. The molecule has 0 aliphatic rings. The van der Waals surface area contributed by atoms with Gasteiger partial charge < -0.3 is 13.4 Å². The highest BCUT2D eigenvalue weighted by Crippen LogP contribution is 2.44. The number of oxazole rings is 1. The van der Waals surface area contributed by atoms with Crippen molar-refractivity contribution < 1.29 is 8.83 Å². The third-order valence-corrected chi connectivity index (χ3v) is 9.99. The summed E-state index contributed by atoms with van der Waals surface area (Å²) in [4.78, 5) is 5.26. The maximum absolute atomic E-state index is 6.80. The van der Waals surface area contributed by atoms with Gasteiger partial charge in [0.25, 0.3) is 0 Å². The molecular weight excluding hydrogens is 601 g/mol. The monoisotopic (exact) mass is 626 g/mol. The van der Waals surface area contributed by atoms with Gasteiger partial charge in [-0.3, -0.25) is 0 Å². The van der Waals surface area contributed by atoms with E-state index in [4.69, 9.17) is 13.8 Å². The molecule has 0 saturated carbocycles. The molecule has 4 nitrogen and oxygen atoms in total. The second-order valence-electron chi connectivity index (χ2n) is 12.7. The van der Waals surface area contributed by atoms with Crippen molar-refractivity contribution in [3.8, 4) is 28.3 Å². The van der Waals surface area contributed by atoms with Crippen molar-refractivity contribution in [2.45, 2.75) is 0 Å². The highest BCUT2D eigenvalue weighted by atomic mass is 16.4. The van der Waals surface area contributed by atoms with Gasteiger partial charge in [0, 0.05) is 33.0 Å². The van der Waals surface area contributed by atoms with Gasteiger partial charge in [-0.1, -0.05) is 109 Å². The second-order valence-corrected chi connectivity index (χ2v) is 12.7. The normalized spacial score (nSPS) is 12.1. The number of hydrogen-bond acceptors (Lipinski definition) is 3. The molecule has 0 atom stereocenters. The van der Waals surface area contributed by atoms with Crippen LogP contribution < -0.4 is 0 Å². The van der Waals surface area contributed by atoms with Gasteiger partial charge in [-0.2, -0.15) is 0 Å². The summed E-state index contributed by atoms with van der Waals surface area (Å²) < 4.78 is 15.7. The van der Waals surface area contributed by atoms with E-state index in [1.165, 1.54) is 21.5 Å². The summed E-state index contributed by atoms with van der Waals surface area (Å²) in [6.45, 7) is 0. The van der Waals surface area contributed by atoms with Crippen molar-refractivity contribution in [1.29, 1.82) is 0 Å². The van der Waals surface area contributed by atoms with Crippen LogP contribution in [0.4, 0.5) is 0 Å². The van der Waals surface area contributed by atoms with Gasteiger partial charge in [0.1, 0.15) is 16.7 Å². The van der Waals surface area contributed by atoms with Gasteiger partial charge in [0.05, 0.1) is 16.4 Å². The van der Waals surface area contributed by atoms with E-state index >= 15 is 0 Å². The highest BCUT2D eigenvalue weighted by molar-refractivity contribution is 6.21. The molecule has 0 fully saturated rings. The van der Waals surface area contributed by atoms with Crippen LogP contribution in [0.2, 0.25) is 0 Å². The van der Waals surface area contributed by atoms with E-state index < -0.39 is 0 Å². The second kappa shape index (κ2) is 9.93. The molecular formula is C45H26N2O2.